The van der Waals surface area contributed by atoms with Crippen molar-refractivity contribution in [3.8, 4) is 11.5 Å². The Bertz CT molecular complexity index is 824. The van der Waals surface area contributed by atoms with Crippen LogP contribution >= 0.6 is 24.0 Å². The zero-order valence-electron chi connectivity index (χ0n) is 14.9. The quantitative estimate of drug-likeness (QED) is 0.405. The minimum Gasteiger partial charge on any atom is -0.493 e. The summed E-state index contributed by atoms with van der Waals surface area (Å²) in [7, 11) is 3.26. The van der Waals surface area contributed by atoms with Gasteiger partial charge in [-0.1, -0.05) is 30.3 Å². The van der Waals surface area contributed by atoms with Crippen molar-refractivity contribution in [2.24, 2.45) is 16.6 Å². The highest BCUT2D eigenvalue weighted by molar-refractivity contribution is 14.0. The molecule has 1 saturated carbocycles. The number of aliphatic imine (C=N–C) groups is 1. The lowest BCUT2D eigenvalue weighted by molar-refractivity contribution is 0.354. The summed E-state index contributed by atoms with van der Waals surface area (Å²) in [5.74, 6) is 3.17. The molecule has 0 radical (unpaired) electrons. The van der Waals surface area contributed by atoms with Gasteiger partial charge in [0.25, 0.3) is 0 Å². The van der Waals surface area contributed by atoms with E-state index < -0.39 is 0 Å². The van der Waals surface area contributed by atoms with E-state index in [0.29, 0.717) is 41.9 Å². The zero-order valence-corrected chi connectivity index (χ0v) is 17.3. The number of rotatable bonds is 5. The molecule has 0 heterocycles. The minimum atomic E-state index is 0. The van der Waals surface area contributed by atoms with Crippen molar-refractivity contribution < 1.29 is 9.47 Å². The Morgan fingerprint density at radius 3 is 2.69 bits per heavy atom. The Hall–Kier alpha value is -1.96. The standard InChI is InChI=1S/C20H23N3O2.HI/c1-24-16-8-7-12(9-17(16)25-2)11-22-20(21)23-19-15-10-13-5-3-4-6-14(13)18(15)19;/h3-9,15,18-19H,10-11H2,1-2H3,(H3,21,22,23);1H. The van der Waals surface area contributed by atoms with Crippen LogP contribution in [-0.4, -0.2) is 26.2 Å². The number of fused-ring (bicyclic) bond motifs is 3. The van der Waals surface area contributed by atoms with E-state index in [9.17, 15) is 0 Å². The summed E-state index contributed by atoms with van der Waals surface area (Å²) in [6.45, 7) is 0.512. The third kappa shape index (κ3) is 3.47. The highest BCUT2D eigenvalue weighted by atomic mass is 127. The van der Waals surface area contributed by atoms with Crippen LogP contribution in [0.3, 0.4) is 0 Å². The van der Waals surface area contributed by atoms with Crippen molar-refractivity contribution in [2.75, 3.05) is 14.2 Å². The molecule has 2 aromatic carbocycles. The zero-order chi connectivity index (χ0) is 17.4. The fourth-order valence-corrected chi connectivity index (χ4v) is 3.92. The minimum absolute atomic E-state index is 0. The van der Waals surface area contributed by atoms with Crippen LogP contribution in [0.2, 0.25) is 0 Å². The highest BCUT2D eigenvalue weighted by Gasteiger charge is 2.55. The van der Waals surface area contributed by atoms with Crippen molar-refractivity contribution >= 4 is 29.9 Å². The van der Waals surface area contributed by atoms with Gasteiger partial charge in [-0.2, -0.15) is 0 Å². The van der Waals surface area contributed by atoms with Crippen molar-refractivity contribution in [1.82, 2.24) is 5.32 Å². The van der Waals surface area contributed by atoms with E-state index in [1.54, 1.807) is 14.2 Å². The molecule has 3 unspecified atom stereocenters. The van der Waals surface area contributed by atoms with Crippen LogP contribution in [0, 0.1) is 5.92 Å². The Morgan fingerprint density at radius 1 is 1.15 bits per heavy atom. The number of hydrogen-bond acceptors (Lipinski definition) is 3. The van der Waals surface area contributed by atoms with Crippen LogP contribution in [0.1, 0.15) is 22.6 Å². The van der Waals surface area contributed by atoms with E-state index in [-0.39, 0.29) is 24.0 Å². The average Bonchev–Trinajstić information content (AvgIpc) is 3.15. The van der Waals surface area contributed by atoms with Gasteiger partial charge in [-0.15, -0.1) is 24.0 Å². The fraction of sp³-hybridized carbons (Fsp3) is 0.350. The summed E-state index contributed by atoms with van der Waals surface area (Å²) < 4.78 is 10.6. The molecule has 2 aliphatic rings. The molecule has 2 aromatic rings. The normalized spacial score (nSPS) is 22.7. The number of halogens is 1. The SMILES string of the molecule is COc1ccc(CN=C(N)NC2C3Cc4ccccc4C32)cc1OC.I. The molecule has 1 fully saturated rings. The molecule has 6 heteroatoms. The van der Waals surface area contributed by atoms with Crippen LogP contribution in [0.15, 0.2) is 47.5 Å². The maximum atomic E-state index is 6.10. The molecule has 4 rings (SSSR count). The van der Waals surface area contributed by atoms with Gasteiger partial charge in [-0.25, -0.2) is 4.99 Å². The number of methoxy groups -OCH3 is 2. The average molecular weight is 465 g/mol. The van der Waals surface area contributed by atoms with Gasteiger partial charge in [-0.05, 0) is 41.2 Å². The van der Waals surface area contributed by atoms with Crippen LogP contribution < -0.4 is 20.5 Å². The van der Waals surface area contributed by atoms with Crippen LogP contribution in [0.25, 0.3) is 0 Å². The van der Waals surface area contributed by atoms with Gasteiger partial charge in [-0.3, -0.25) is 0 Å². The largest absolute Gasteiger partial charge is 0.493 e. The molecule has 3 atom stereocenters. The summed E-state index contributed by atoms with van der Waals surface area (Å²) in [6, 6.07) is 14.9. The van der Waals surface area contributed by atoms with E-state index in [0.717, 1.165) is 12.0 Å². The van der Waals surface area contributed by atoms with E-state index in [1.165, 1.54) is 11.1 Å². The lowest BCUT2D eigenvalue weighted by Gasteiger charge is -2.11. The Kier molecular flexibility index (Phi) is 5.60. The molecule has 0 aromatic heterocycles. The van der Waals surface area contributed by atoms with E-state index in [2.05, 4.69) is 34.6 Å². The van der Waals surface area contributed by atoms with Gasteiger partial charge in [0.2, 0.25) is 0 Å². The second-order valence-corrected chi connectivity index (χ2v) is 6.65. The van der Waals surface area contributed by atoms with Crippen molar-refractivity contribution in [1.29, 1.82) is 0 Å². The molecular formula is C20H24IN3O2. The molecule has 0 spiro atoms. The fourth-order valence-electron chi connectivity index (χ4n) is 3.92. The predicted octanol–water partition coefficient (Wildman–Crippen LogP) is 3.06. The maximum Gasteiger partial charge on any atom is 0.189 e. The van der Waals surface area contributed by atoms with E-state index >= 15 is 0 Å². The summed E-state index contributed by atoms with van der Waals surface area (Å²) >= 11 is 0. The molecule has 0 aliphatic heterocycles. The molecule has 3 N–H and O–H groups in total. The van der Waals surface area contributed by atoms with Gasteiger partial charge in [0.05, 0.1) is 20.8 Å². The first kappa shape index (κ1) is 18.8. The van der Waals surface area contributed by atoms with E-state index in [1.807, 2.05) is 18.2 Å². The summed E-state index contributed by atoms with van der Waals surface area (Å²) in [5, 5.41) is 3.39. The van der Waals surface area contributed by atoms with Gasteiger partial charge >= 0.3 is 0 Å². The predicted molar refractivity (Wildman–Crippen MR) is 114 cm³/mol. The Balaban J connectivity index is 0.00000196. The lowest BCUT2D eigenvalue weighted by atomic mass is 10.1. The van der Waals surface area contributed by atoms with Crippen molar-refractivity contribution in [2.45, 2.75) is 24.9 Å². The molecule has 26 heavy (non-hydrogen) atoms. The van der Waals surface area contributed by atoms with Crippen molar-refractivity contribution in [3.05, 3.63) is 59.2 Å². The monoisotopic (exact) mass is 465 g/mol. The summed E-state index contributed by atoms with van der Waals surface area (Å²) in [4.78, 5) is 4.48. The summed E-state index contributed by atoms with van der Waals surface area (Å²) in [6.07, 6.45) is 1.14. The van der Waals surface area contributed by atoms with Gasteiger partial charge < -0.3 is 20.5 Å². The Morgan fingerprint density at radius 2 is 1.92 bits per heavy atom. The number of guanidine groups is 1. The first-order chi connectivity index (χ1) is 12.2. The second-order valence-electron chi connectivity index (χ2n) is 6.65. The molecule has 5 nitrogen and oxygen atoms in total. The maximum absolute atomic E-state index is 6.10. The van der Waals surface area contributed by atoms with E-state index in [4.69, 9.17) is 15.2 Å². The van der Waals surface area contributed by atoms with Gasteiger partial charge in [0.1, 0.15) is 0 Å². The van der Waals surface area contributed by atoms with Crippen LogP contribution in [-0.2, 0) is 13.0 Å². The third-order valence-electron chi connectivity index (χ3n) is 5.23. The number of nitrogens with two attached hydrogens (primary N) is 1. The number of benzene rings is 2. The van der Waals surface area contributed by atoms with Crippen molar-refractivity contribution in [3.63, 3.8) is 0 Å². The third-order valence-corrected chi connectivity index (χ3v) is 5.23. The summed E-state index contributed by atoms with van der Waals surface area (Å²) in [5.41, 5.74) is 10.1. The lowest BCUT2D eigenvalue weighted by Crippen LogP contribution is -2.35. The van der Waals surface area contributed by atoms with Crippen LogP contribution in [0.5, 0.6) is 11.5 Å². The number of nitrogens with one attached hydrogen (secondary N) is 1. The molecule has 2 aliphatic carbocycles. The van der Waals surface area contributed by atoms with Gasteiger partial charge in [0, 0.05) is 12.0 Å². The van der Waals surface area contributed by atoms with Crippen LogP contribution in [0.4, 0.5) is 0 Å². The topological polar surface area (TPSA) is 68.9 Å². The number of ether oxygens (including phenoxy) is 2. The highest BCUT2D eigenvalue weighted by Crippen LogP contribution is 2.56. The molecule has 0 saturated heterocycles. The molecule has 0 amide bonds. The smallest absolute Gasteiger partial charge is 0.189 e. The first-order valence-corrected chi connectivity index (χ1v) is 8.56. The molecule has 138 valence electrons. The molecular weight excluding hydrogens is 441 g/mol. The molecule has 0 bridgehead atoms. The second kappa shape index (κ2) is 7.73. The first-order valence-electron chi connectivity index (χ1n) is 8.56. The Labute approximate surface area is 171 Å². The number of hydrogen-bond donors (Lipinski definition) is 2. The van der Waals surface area contributed by atoms with Gasteiger partial charge in [0.15, 0.2) is 17.5 Å². The number of nitrogens with zero attached hydrogens (tertiary/aromatic N) is 1.